The van der Waals surface area contributed by atoms with Crippen molar-refractivity contribution in [1.82, 2.24) is 0 Å². The minimum absolute atomic E-state index is 0.0357. The lowest BCUT2D eigenvalue weighted by atomic mass is 9.78. The van der Waals surface area contributed by atoms with Crippen LogP contribution in [0.1, 0.15) is 78.6 Å². The van der Waals surface area contributed by atoms with E-state index in [1.54, 1.807) is 0 Å². The van der Waals surface area contributed by atoms with Gasteiger partial charge in [0.1, 0.15) is 0 Å². The Balaban J connectivity index is 1.68. The first kappa shape index (κ1) is 20.9. The van der Waals surface area contributed by atoms with Gasteiger partial charge in [-0.3, -0.25) is 0 Å². The lowest BCUT2D eigenvalue weighted by Crippen LogP contribution is -2.30. The minimum atomic E-state index is 0.0357. The van der Waals surface area contributed by atoms with Crippen molar-refractivity contribution in [3.8, 4) is 0 Å². The van der Waals surface area contributed by atoms with E-state index in [9.17, 15) is 5.11 Å². The highest BCUT2D eigenvalue weighted by Crippen LogP contribution is 2.45. The minimum Gasteiger partial charge on any atom is -0.396 e. The summed E-state index contributed by atoms with van der Waals surface area (Å²) in [4.78, 5) is 0. The van der Waals surface area contributed by atoms with Crippen molar-refractivity contribution in [2.45, 2.75) is 90.8 Å². The molecule has 2 rings (SSSR count). The number of rotatable bonds is 13. The molecule has 2 fully saturated rings. The third-order valence-electron chi connectivity index (χ3n) is 6.03. The van der Waals surface area contributed by atoms with Gasteiger partial charge in [0.2, 0.25) is 0 Å². The van der Waals surface area contributed by atoms with Crippen LogP contribution in [0.2, 0.25) is 0 Å². The molecule has 2 aliphatic rings. The van der Waals surface area contributed by atoms with Gasteiger partial charge in [-0.1, -0.05) is 52.2 Å². The highest BCUT2D eigenvalue weighted by molar-refractivity contribution is 5.00. The van der Waals surface area contributed by atoms with Gasteiger partial charge < -0.3 is 14.6 Å². The summed E-state index contributed by atoms with van der Waals surface area (Å²) in [6.07, 6.45) is 16.3. The van der Waals surface area contributed by atoms with Gasteiger partial charge in [0, 0.05) is 19.1 Å². The maximum Gasteiger partial charge on any atom is 0.0633 e. The van der Waals surface area contributed by atoms with E-state index in [2.05, 4.69) is 32.9 Å². The fourth-order valence-electron chi connectivity index (χ4n) is 4.20. The van der Waals surface area contributed by atoms with Gasteiger partial charge in [-0.05, 0) is 49.9 Å². The molecule has 0 aromatic carbocycles. The van der Waals surface area contributed by atoms with Crippen LogP contribution in [-0.2, 0) is 9.47 Å². The van der Waals surface area contributed by atoms with Crippen LogP contribution in [0, 0.1) is 17.3 Å². The lowest BCUT2D eigenvalue weighted by Gasteiger charge is -2.27. The van der Waals surface area contributed by atoms with Crippen molar-refractivity contribution in [2.75, 3.05) is 19.8 Å². The highest BCUT2D eigenvalue weighted by atomic mass is 16.5. The van der Waals surface area contributed by atoms with E-state index in [-0.39, 0.29) is 12.0 Å². The Morgan fingerprint density at radius 3 is 2.56 bits per heavy atom. The van der Waals surface area contributed by atoms with Crippen LogP contribution in [0.4, 0.5) is 0 Å². The summed E-state index contributed by atoms with van der Waals surface area (Å²) in [5, 5.41) is 9.33. The summed E-state index contributed by atoms with van der Waals surface area (Å²) in [7, 11) is 0. The van der Waals surface area contributed by atoms with Crippen LogP contribution in [0.15, 0.2) is 12.2 Å². The quantitative estimate of drug-likeness (QED) is 0.369. The third kappa shape index (κ3) is 6.69. The second-order valence-electron chi connectivity index (χ2n) is 8.82. The average Bonchev–Trinajstić information content (AvgIpc) is 3.19. The number of allylic oxidation sites excluding steroid dienone is 2. The van der Waals surface area contributed by atoms with Crippen molar-refractivity contribution in [3.05, 3.63) is 12.2 Å². The number of hydrogen-bond acceptors (Lipinski definition) is 3. The molecule has 146 valence electrons. The van der Waals surface area contributed by atoms with E-state index in [1.807, 2.05) is 0 Å². The highest BCUT2D eigenvalue weighted by Gasteiger charge is 2.48. The zero-order chi connectivity index (χ0) is 18.1. The Morgan fingerprint density at radius 2 is 1.84 bits per heavy atom. The molecule has 0 aliphatic carbocycles. The standard InChI is InChI=1S/C22H40O3/c1-4-5-6-10-15-24-16-19-18(20-12-13-21(19)25-20)11-8-7-9-14-22(2,3)17-23/h7-8,18-21,23H,4-6,9-17H2,1-3H3/b8-7-/t18-,19+,20-,21+/m0/s1. The molecular weight excluding hydrogens is 312 g/mol. The molecule has 2 aliphatic heterocycles. The van der Waals surface area contributed by atoms with E-state index < -0.39 is 0 Å². The summed E-state index contributed by atoms with van der Waals surface area (Å²) in [5.74, 6) is 1.22. The van der Waals surface area contributed by atoms with Crippen LogP contribution in [-0.4, -0.2) is 37.1 Å². The first-order valence-electron chi connectivity index (χ1n) is 10.6. The Kier molecular flexibility index (Phi) is 8.95. The molecule has 2 heterocycles. The van der Waals surface area contributed by atoms with Gasteiger partial charge in [0.25, 0.3) is 0 Å². The van der Waals surface area contributed by atoms with Crippen molar-refractivity contribution < 1.29 is 14.6 Å². The molecule has 0 aromatic heterocycles. The molecule has 2 saturated heterocycles. The fraction of sp³-hybridized carbons (Fsp3) is 0.909. The Hall–Kier alpha value is -0.380. The zero-order valence-electron chi connectivity index (χ0n) is 16.7. The lowest BCUT2D eigenvalue weighted by molar-refractivity contribution is 0.0478. The maximum absolute atomic E-state index is 9.33. The molecule has 0 radical (unpaired) electrons. The van der Waals surface area contributed by atoms with Crippen LogP contribution < -0.4 is 0 Å². The molecule has 0 saturated carbocycles. The topological polar surface area (TPSA) is 38.7 Å². The Bertz CT molecular complexity index is 391. The molecule has 3 nitrogen and oxygen atoms in total. The largest absolute Gasteiger partial charge is 0.396 e. The molecule has 0 aromatic rings. The van der Waals surface area contributed by atoms with Crippen molar-refractivity contribution in [1.29, 1.82) is 0 Å². The summed E-state index contributed by atoms with van der Waals surface area (Å²) >= 11 is 0. The average molecular weight is 353 g/mol. The SMILES string of the molecule is CCCCCCOC[C@@H]1[C@H](C/C=C\CCC(C)(C)CO)[C@@H]2CC[C@H]1O2. The summed E-state index contributed by atoms with van der Waals surface area (Å²) in [6, 6.07) is 0. The van der Waals surface area contributed by atoms with Gasteiger partial charge in [-0.25, -0.2) is 0 Å². The number of fused-ring (bicyclic) bond motifs is 2. The summed E-state index contributed by atoms with van der Waals surface area (Å²) in [6.45, 7) is 8.54. The van der Waals surface area contributed by atoms with E-state index in [0.29, 0.717) is 24.0 Å². The predicted octanol–water partition coefficient (Wildman–Crippen LogP) is 5.12. The summed E-state index contributed by atoms with van der Waals surface area (Å²) < 4.78 is 12.2. The Morgan fingerprint density at radius 1 is 1.08 bits per heavy atom. The van der Waals surface area contributed by atoms with E-state index in [1.165, 1.54) is 38.5 Å². The van der Waals surface area contributed by atoms with Gasteiger partial charge in [-0.2, -0.15) is 0 Å². The predicted molar refractivity (Wildman–Crippen MR) is 104 cm³/mol. The van der Waals surface area contributed by atoms with Gasteiger partial charge in [0.05, 0.1) is 18.8 Å². The zero-order valence-corrected chi connectivity index (χ0v) is 16.7. The summed E-state index contributed by atoms with van der Waals surface area (Å²) in [5.41, 5.74) is 0.0357. The van der Waals surface area contributed by atoms with Gasteiger partial charge in [0.15, 0.2) is 0 Å². The van der Waals surface area contributed by atoms with Crippen molar-refractivity contribution in [2.24, 2.45) is 17.3 Å². The fourth-order valence-corrected chi connectivity index (χ4v) is 4.20. The first-order valence-corrected chi connectivity index (χ1v) is 10.6. The molecule has 2 bridgehead atoms. The first-order chi connectivity index (χ1) is 12.1. The normalized spacial score (nSPS) is 29.1. The maximum atomic E-state index is 9.33. The second kappa shape index (κ2) is 10.7. The van der Waals surface area contributed by atoms with Gasteiger partial charge in [-0.15, -0.1) is 0 Å². The third-order valence-corrected chi connectivity index (χ3v) is 6.03. The molecule has 3 heteroatoms. The number of aliphatic hydroxyl groups is 1. The van der Waals surface area contributed by atoms with Crippen LogP contribution in [0.3, 0.4) is 0 Å². The molecule has 0 amide bonds. The number of ether oxygens (including phenoxy) is 2. The number of aliphatic hydroxyl groups excluding tert-OH is 1. The van der Waals surface area contributed by atoms with E-state index in [0.717, 1.165) is 32.5 Å². The molecule has 0 unspecified atom stereocenters. The number of hydrogen-bond donors (Lipinski definition) is 1. The molecule has 1 N–H and O–H groups in total. The van der Waals surface area contributed by atoms with Crippen molar-refractivity contribution >= 4 is 0 Å². The van der Waals surface area contributed by atoms with E-state index in [4.69, 9.17) is 9.47 Å². The monoisotopic (exact) mass is 352 g/mol. The van der Waals surface area contributed by atoms with Gasteiger partial charge >= 0.3 is 0 Å². The molecular formula is C22H40O3. The smallest absolute Gasteiger partial charge is 0.0633 e. The molecule has 4 atom stereocenters. The molecule has 25 heavy (non-hydrogen) atoms. The molecule has 0 spiro atoms. The number of unbranched alkanes of at least 4 members (excludes halogenated alkanes) is 3. The van der Waals surface area contributed by atoms with Crippen LogP contribution >= 0.6 is 0 Å². The van der Waals surface area contributed by atoms with Crippen LogP contribution in [0.5, 0.6) is 0 Å². The van der Waals surface area contributed by atoms with E-state index >= 15 is 0 Å². The van der Waals surface area contributed by atoms with Crippen molar-refractivity contribution in [3.63, 3.8) is 0 Å². The second-order valence-corrected chi connectivity index (χ2v) is 8.82. The Labute approximate surface area is 155 Å². The van der Waals surface area contributed by atoms with Crippen LogP contribution in [0.25, 0.3) is 0 Å².